The molecule has 0 fully saturated rings. The van der Waals surface area contributed by atoms with Crippen LogP contribution in [0.3, 0.4) is 0 Å². The first-order chi connectivity index (χ1) is 28.5. The monoisotopic (exact) mass is 682 g/mol. The van der Waals surface area contributed by atoms with Crippen LogP contribution in [0, 0.1) is 0 Å². The first-order valence-corrected chi connectivity index (χ1v) is 18.0. The Hall–Kier alpha value is -6.64. The maximum absolute atomic E-state index is 8.80. The predicted molar refractivity (Wildman–Crippen MR) is 224 cm³/mol. The van der Waals surface area contributed by atoms with Gasteiger partial charge in [0.25, 0.3) is 0 Å². The second-order valence-corrected chi connectivity index (χ2v) is 14.5. The van der Waals surface area contributed by atoms with E-state index in [-0.39, 0.29) is 29.7 Å². The highest BCUT2D eigenvalue weighted by Crippen LogP contribution is 2.53. The Morgan fingerprint density at radius 2 is 1.06 bits per heavy atom. The van der Waals surface area contributed by atoms with Crippen LogP contribution in [0.4, 0.5) is 0 Å². The summed E-state index contributed by atoms with van der Waals surface area (Å²) in [7, 11) is 0. The number of fused-ring (bicyclic) bond motifs is 9. The van der Waals surface area contributed by atoms with E-state index in [4.69, 9.17) is 8.22 Å². The minimum atomic E-state index is -0.418. The third kappa shape index (κ3) is 4.33. The molecule has 0 unspecified atom stereocenters. The van der Waals surface area contributed by atoms with E-state index in [1.54, 1.807) is 0 Å². The van der Waals surface area contributed by atoms with E-state index in [0.717, 1.165) is 88.4 Å². The molecule has 0 atom stereocenters. The van der Waals surface area contributed by atoms with Gasteiger partial charge in [-0.2, -0.15) is 0 Å². The Balaban J connectivity index is 1.07. The smallest absolute Gasteiger partial charge is 0.0629 e. The SMILES string of the molecule is [2H]c1ccc2c(c1)c1cc(-c3ccc4c(c3)c3ccccc3n4-c3ccc4c(c3)C(C)(C)c3cccc(-c5c([2H])c([2H])c([2H])c([2H])c5[2H])c3-4)ccc1n2-c1ccccc1. The van der Waals surface area contributed by atoms with Crippen molar-refractivity contribution < 1.29 is 8.22 Å². The number of para-hydroxylation sites is 3. The van der Waals surface area contributed by atoms with E-state index >= 15 is 0 Å². The predicted octanol–water partition coefficient (Wildman–Crippen LogP) is 13.5. The number of nitrogens with zero attached hydrogens (tertiary/aromatic N) is 2. The molecule has 1 aliphatic carbocycles. The summed E-state index contributed by atoms with van der Waals surface area (Å²) >= 11 is 0. The summed E-state index contributed by atoms with van der Waals surface area (Å²) in [6, 6.07) is 49.6. The summed E-state index contributed by atoms with van der Waals surface area (Å²) in [5.74, 6) is 0. The second-order valence-electron chi connectivity index (χ2n) is 14.5. The van der Waals surface area contributed by atoms with Crippen LogP contribution in [0.5, 0.6) is 0 Å². The van der Waals surface area contributed by atoms with Crippen molar-refractivity contribution in [1.82, 2.24) is 9.13 Å². The highest BCUT2D eigenvalue weighted by atomic mass is 15.0. The molecular formula is C51H36N2. The van der Waals surface area contributed by atoms with Gasteiger partial charge in [0.05, 0.1) is 30.3 Å². The molecule has 0 amide bonds. The molecule has 2 heteroatoms. The fraction of sp³-hybridized carbons (Fsp3) is 0.0588. The molecule has 0 spiro atoms. The van der Waals surface area contributed by atoms with Crippen molar-refractivity contribution in [2.24, 2.45) is 0 Å². The van der Waals surface area contributed by atoms with Gasteiger partial charge < -0.3 is 9.13 Å². The minimum Gasteiger partial charge on any atom is -0.309 e. The molecule has 250 valence electrons. The molecule has 0 N–H and O–H groups in total. The largest absolute Gasteiger partial charge is 0.309 e. The number of hydrogen-bond acceptors (Lipinski definition) is 0. The standard InChI is InChI=1S/C51H36N2/c1-51(2)44-21-13-20-38(33-14-5-3-6-15-33)50(44)41-27-26-37(32-45(41)51)53-47-23-12-10-19-40(47)43-31-35(25-29-49(43)53)34-24-28-48-42(30-34)39-18-9-11-22-46(39)52(48)36-16-7-4-8-17-36/h3-32H,1-2H3/i3D,5D,6D,9D,14D,15D. The van der Waals surface area contributed by atoms with Gasteiger partial charge in [0.2, 0.25) is 0 Å². The maximum Gasteiger partial charge on any atom is 0.0629 e. The molecule has 1 aliphatic rings. The Bertz CT molecular complexity index is 3400. The summed E-state index contributed by atoms with van der Waals surface area (Å²) in [5, 5.41) is 4.45. The zero-order chi connectivity index (χ0) is 40.5. The third-order valence-corrected chi connectivity index (χ3v) is 11.3. The van der Waals surface area contributed by atoms with Crippen LogP contribution >= 0.6 is 0 Å². The number of benzene rings is 8. The van der Waals surface area contributed by atoms with Crippen LogP contribution in [-0.2, 0) is 5.41 Å². The van der Waals surface area contributed by atoms with Crippen molar-refractivity contribution >= 4 is 43.6 Å². The van der Waals surface area contributed by atoms with Crippen molar-refractivity contribution in [3.63, 3.8) is 0 Å². The van der Waals surface area contributed by atoms with Crippen molar-refractivity contribution in [1.29, 1.82) is 0 Å². The molecule has 2 heterocycles. The Morgan fingerprint density at radius 1 is 0.415 bits per heavy atom. The van der Waals surface area contributed by atoms with Gasteiger partial charge in [-0.3, -0.25) is 0 Å². The molecule has 0 aliphatic heterocycles. The van der Waals surface area contributed by atoms with Crippen molar-refractivity contribution in [3.05, 3.63) is 193 Å². The minimum absolute atomic E-state index is 0.196. The van der Waals surface area contributed by atoms with Crippen molar-refractivity contribution in [2.75, 3.05) is 0 Å². The van der Waals surface area contributed by atoms with Gasteiger partial charge in [-0.25, -0.2) is 0 Å². The average Bonchev–Trinajstić information content (AvgIpc) is 3.84. The van der Waals surface area contributed by atoms with Crippen molar-refractivity contribution in [2.45, 2.75) is 19.3 Å². The fourth-order valence-corrected chi connectivity index (χ4v) is 8.88. The van der Waals surface area contributed by atoms with Gasteiger partial charge in [-0.05, 0) is 105 Å². The van der Waals surface area contributed by atoms with Gasteiger partial charge in [0.1, 0.15) is 0 Å². The quantitative estimate of drug-likeness (QED) is 0.175. The van der Waals surface area contributed by atoms with Crippen molar-refractivity contribution in [3.8, 4) is 44.8 Å². The van der Waals surface area contributed by atoms with Crippen LogP contribution in [-0.4, -0.2) is 9.13 Å². The zero-order valence-electron chi connectivity index (χ0n) is 35.3. The Kier molecular flexibility index (Phi) is 5.17. The van der Waals surface area contributed by atoms with E-state index in [1.807, 2.05) is 36.4 Å². The first kappa shape index (κ1) is 24.5. The maximum atomic E-state index is 8.80. The molecule has 2 aromatic heterocycles. The molecule has 8 aromatic carbocycles. The van der Waals surface area contributed by atoms with Crippen LogP contribution in [0.15, 0.2) is 182 Å². The lowest BCUT2D eigenvalue weighted by molar-refractivity contribution is 0.660. The highest BCUT2D eigenvalue weighted by molar-refractivity contribution is 6.12. The number of rotatable bonds is 4. The van der Waals surface area contributed by atoms with Gasteiger partial charge in [-0.1, -0.05) is 135 Å². The average molecular weight is 683 g/mol. The Labute approximate surface area is 317 Å². The lowest BCUT2D eigenvalue weighted by Crippen LogP contribution is -2.15. The van der Waals surface area contributed by atoms with E-state index in [0.29, 0.717) is 11.6 Å². The van der Waals surface area contributed by atoms with E-state index in [2.05, 4.69) is 132 Å². The van der Waals surface area contributed by atoms with E-state index in [1.165, 1.54) is 0 Å². The zero-order valence-corrected chi connectivity index (χ0v) is 29.3. The molecule has 2 nitrogen and oxygen atoms in total. The highest BCUT2D eigenvalue weighted by Gasteiger charge is 2.37. The summed E-state index contributed by atoms with van der Waals surface area (Å²) in [4.78, 5) is 0. The molecule has 11 rings (SSSR count). The summed E-state index contributed by atoms with van der Waals surface area (Å²) < 4.78 is 55.6. The van der Waals surface area contributed by atoms with Crippen LogP contribution in [0.2, 0.25) is 0 Å². The summed E-state index contributed by atoms with van der Waals surface area (Å²) in [5.41, 5.74) is 13.2. The third-order valence-electron chi connectivity index (χ3n) is 11.3. The number of hydrogen-bond donors (Lipinski definition) is 0. The molecule has 0 bridgehead atoms. The van der Waals surface area contributed by atoms with Gasteiger partial charge in [-0.15, -0.1) is 0 Å². The van der Waals surface area contributed by atoms with E-state index < -0.39 is 11.5 Å². The molecular weight excluding hydrogens is 641 g/mol. The molecule has 0 saturated carbocycles. The lowest BCUT2D eigenvalue weighted by Gasteiger charge is -2.22. The summed E-state index contributed by atoms with van der Waals surface area (Å²) in [6.45, 7) is 4.40. The van der Waals surface area contributed by atoms with Gasteiger partial charge in [0, 0.05) is 38.3 Å². The molecule has 0 saturated heterocycles. The Morgan fingerprint density at radius 3 is 1.81 bits per heavy atom. The lowest BCUT2D eigenvalue weighted by atomic mass is 9.82. The van der Waals surface area contributed by atoms with Crippen LogP contribution in [0.1, 0.15) is 33.2 Å². The topological polar surface area (TPSA) is 9.86 Å². The summed E-state index contributed by atoms with van der Waals surface area (Å²) in [6.07, 6.45) is 0. The molecule has 53 heavy (non-hydrogen) atoms. The van der Waals surface area contributed by atoms with Gasteiger partial charge >= 0.3 is 0 Å². The number of aromatic nitrogens is 2. The second kappa shape index (κ2) is 11.2. The van der Waals surface area contributed by atoms with Crippen LogP contribution in [0.25, 0.3) is 88.4 Å². The normalized spacial score (nSPS) is 14.8. The molecule has 10 aromatic rings. The fourth-order valence-electron chi connectivity index (χ4n) is 8.88. The first-order valence-electron chi connectivity index (χ1n) is 21.0. The van der Waals surface area contributed by atoms with Gasteiger partial charge in [0.15, 0.2) is 0 Å². The van der Waals surface area contributed by atoms with Crippen LogP contribution < -0.4 is 0 Å². The van der Waals surface area contributed by atoms with E-state index in [9.17, 15) is 0 Å². The molecule has 0 radical (unpaired) electrons.